The molecule has 0 spiro atoms. The second kappa shape index (κ2) is 8.86. The number of nitrogens with zero attached hydrogens (tertiary/aromatic N) is 1. The van der Waals surface area contributed by atoms with Crippen LogP contribution in [-0.4, -0.2) is 10.8 Å². The van der Waals surface area contributed by atoms with Gasteiger partial charge in [-0.3, -0.25) is 9.78 Å². The zero-order valence-electron chi connectivity index (χ0n) is 20.4. The minimum Gasteiger partial charge on any atom is -0.373 e. The first kappa shape index (κ1) is 21.8. The van der Waals surface area contributed by atoms with Gasteiger partial charge in [-0.2, -0.15) is 0 Å². The first-order valence-electron chi connectivity index (χ1n) is 12.9. The number of anilines is 1. The van der Waals surface area contributed by atoms with E-state index in [1.165, 1.54) is 16.7 Å². The molecule has 1 aromatic heterocycles. The molecule has 0 amide bonds. The van der Waals surface area contributed by atoms with E-state index < -0.39 is 0 Å². The fourth-order valence-electron chi connectivity index (χ4n) is 6.04. The summed E-state index contributed by atoms with van der Waals surface area (Å²) in [4.78, 5) is 18.5. The molecule has 178 valence electrons. The number of allylic oxidation sites excluding steroid dienone is 1. The molecule has 2 aliphatic rings. The van der Waals surface area contributed by atoms with Crippen molar-refractivity contribution in [2.45, 2.75) is 24.8 Å². The van der Waals surface area contributed by atoms with Gasteiger partial charge in [0.25, 0.3) is 0 Å². The Balaban J connectivity index is 1.38. The average molecular weight is 479 g/mol. The molecule has 0 radical (unpaired) electrons. The first-order chi connectivity index (χ1) is 18.3. The summed E-state index contributed by atoms with van der Waals surface area (Å²) in [6.07, 6.45) is 3.20. The number of Topliss-reactive ketones (excluding diaryl/α,β-unsaturated/α-hetero) is 1. The van der Waals surface area contributed by atoms with Crippen LogP contribution in [0.25, 0.3) is 27.6 Å². The fraction of sp³-hybridized carbons (Fsp3) is 0.118. The van der Waals surface area contributed by atoms with Crippen LogP contribution in [0, 0.1) is 0 Å². The number of ketones is 1. The molecule has 3 nitrogen and oxygen atoms in total. The Hall–Kier alpha value is -4.50. The predicted molar refractivity (Wildman–Crippen MR) is 150 cm³/mol. The average Bonchev–Trinajstić information content (AvgIpc) is 2.97. The third-order valence-corrected chi connectivity index (χ3v) is 7.81. The van der Waals surface area contributed by atoms with Gasteiger partial charge in [-0.1, -0.05) is 91.0 Å². The maximum absolute atomic E-state index is 13.9. The van der Waals surface area contributed by atoms with Gasteiger partial charge < -0.3 is 5.32 Å². The lowest BCUT2D eigenvalue weighted by atomic mass is 9.71. The second-order valence-electron chi connectivity index (χ2n) is 9.95. The number of hydrogen-bond donors (Lipinski definition) is 1. The lowest BCUT2D eigenvalue weighted by Crippen LogP contribution is -2.29. The van der Waals surface area contributed by atoms with Crippen molar-refractivity contribution in [3.8, 4) is 11.1 Å². The summed E-state index contributed by atoms with van der Waals surface area (Å²) in [6.45, 7) is 0. The van der Waals surface area contributed by atoms with Gasteiger partial charge >= 0.3 is 0 Å². The van der Waals surface area contributed by atoms with Crippen LogP contribution in [0.15, 0.2) is 121 Å². The minimum absolute atomic E-state index is 0.173. The second-order valence-corrected chi connectivity index (χ2v) is 9.95. The summed E-state index contributed by atoms with van der Waals surface area (Å²) in [5.74, 6) is 0.401. The number of pyridine rings is 1. The third-order valence-electron chi connectivity index (χ3n) is 7.81. The Kier molecular flexibility index (Phi) is 5.21. The van der Waals surface area contributed by atoms with E-state index in [1.807, 2.05) is 24.4 Å². The molecule has 7 rings (SSSR count). The topological polar surface area (TPSA) is 42.0 Å². The van der Waals surface area contributed by atoms with Gasteiger partial charge in [-0.15, -0.1) is 0 Å². The summed E-state index contributed by atoms with van der Waals surface area (Å²) in [5.41, 5.74) is 9.91. The van der Waals surface area contributed by atoms with Crippen LogP contribution < -0.4 is 5.32 Å². The van der Waals surface area contributed by atoms with Crippen molar-refractivity contribution in [2.75, 3.05) is 5.32 Å². The summed E-state index contributed by atoms with van der Waals surface area (Å²) < 4.78 is 0. The number of hydrogen-bond acceptors (Lipinski definition) is 3. The fourth-order valence-corrected chi connectivity index (χ4v) is 6.04. The number of benzene rings is 4. The van der Waals surface area contributed by atoms with E-state index >= 15 is 0 Å². The number of carbonyl (C=O) groups excluding carboxylic acids is 1. The van der Waals surface area contributed by atoms with Gasteiger partial charge in [-0.25, -0.2) is 0 Å². The molecule has 0 saturated carbocycles. The molecule has 2 atom stereocenters. The zero-order chi connectivity index (χ0) is 24.8. The van der Waals surface area contributed by atoms with Crippen molar-refractivity contribution in [3.63, 3.8) is 0 Å². The Labute approximate surface area is 216 Å². The van der Waals surface area contributed by atoms with Crippen molar-refractivity contribution in [1.29, 1.82) is 0 Å². The number of fused-ring (bicyclic) bond motifs is 4. The van der Waals surface area contributed by atoms with Gasteiger partial charge in [0.15, 0.2) is 5.78 Å². The minimum atomic E-state index is -0.175. The summed E-state index contributed by atoms with van der Waals surface area (Å²) in [6, 6.07) is 37.6. The highest BCUT2D eigenvalue weighted by atomic mass is 16.1. The van der Waals surface area contributed by atoms with E-state index in [-0.39, 0.29) is 17.7 Å². The Bertz CT molecular complexity index is 1650. The predicted octanol–water partition coefficient (Wildman–Crippen LogP) is 7.97. The molecule has 2 unspecified atom stereocenters. The molecule has 2 heterocycles. The van der Waals surface area contributed by atoms with E-state index in [9.17, 15) is 4.79 Å². The van der Waals surface area contributed by atoms with Crippen LogP contribution in [0.4, 0.5) is 5.69 Å². The Morgan fingerprint density at radius 1 is 0.676 bits per heavy atom. The van der Waals surface area contributed by atoms with Crippen LogP contribution in [0.5, 0.6) is 0 Å². The van der Waals surface area contributed by atoms with Crippen LogP contribution in [0.1, 0.15) is 41.5 Å². The molecule has 4 aromatic carbocycles. The van der Waals surface area contributed by atoms with Gasteiger partial charge in [0.1, 0.15) is 0 Å². The van der Waals surface area contributed by atoms with Gasteiger partial charge in [0.2, 0.25) is 0 Å². The van der Waals surface area contributed by atoms with Crippen molar-refractivity contribution in [1.82, 2.24) is 4.98 Å². The van der Waals surface area contributed by atoms with Crippen LogP contribution in [0.2, 0.25) is 0 Å². The van der Waals surface area contributed by atoms with Crippen molar-refractivity contribution >= 4 is 27.9 Å². The molecule has 3 heteroatoms. The van der Waals surface area contributed by atoms with E-state index in [2.05, 4.69) is 101 Å². The molecule has 5 aromatic rings. The molecule has 0 saturated heterocycles. The van der Waals surface area contributed by atoms with Crippen molar-refractivity contribution < 1.29 is 4.79 Å². The zero-order valence-corrected chi connectivity index (χ0v) is 20.4. The van der Waals surface area contributed by atoms with Gasteiger partial charge in [0, 0.05) is 34.8 Å². The smallest absolute Gasteiger partial charge is 0.162 e. The van der Waals surface area contributed by atoms with Crippen LogP contribution in [-0.2, 0) is 4.79 Å². The standard InChI is InChI=1S/C34H26N2O/c37-31-21-26(23-10-5-2-6-11-23)20-28-32-27-12-7-19-35-29(27)17-18-30(32)36-34(33(28)31)25-15-13-24(14-16-25)22-8-3-1-4-9-22/h1-19,26,34,36H,20-21H2. The lowest BCUT2D eigenvalue weighted by Gasteiger charge is -2.37. The summed E-state index contributed by atoms with van der Waals surface area (Å²) in [5, 5.41) is 4.84. The SMILES string of the molecule is O=C1CC(c2ccccc2)CC2=C1C(c1ccc(-c3ccccc3)cc1)Nc1ccc3ncccc3c12. The third kappa shape index (κ3) is 3.75. The molecule has 0 bridgehead atoms. The van der Waals surface area contributed by atoms with Crippen molar-refractivity contribution in [2.24, 2.45) is 0 Å². The molecule has 37 heavy (non-hydrogen) atoms. The Morgan fingerprint density at radius 3 is 2.19 bits per heavy atom. The number of aromatic nitrogens is 1. The summed E-state index contributed by atoms with van der Waals surface area (Å²) >= 11 is 0. The highest BCUT2D eigenvalue weighted by Gasteiger charge is 2.38. The van der Waals surface area contributed by atoms with E-state index in [0.717, 1.165) is 45.3 Å². The van der Waals surface area contributed by atoms with E-state index in [4.69, 9.17) is 0 Å². The highest BCUT2D eigenvalue weighted by Crippen LogP contribution is 2.50. The normalized spacial score (nSPS) is 18.8. The molecular formula is C34H26N2O. The van der Waals surface area contributed by atoms with Crippen molar-refractivity contribution in [3.05, 3.63) is 138 Å². The molecule has 0 fully saturated rings. The molecule has 1 aliphatic heterocycles. The molecular weight excluding hydrogens is 452 g/mol. The van der Waals surface area contributed by atoms with Crippen LogP contribution >= 0.6 is 0 Å². The van der Waals surface area contributed by atoms with Gasteiger partial charge in [-0.05, 0) is 58.4 Å². The monoisotopic (exact) mass is 478 g/mol. The lowest BCUT2D eigenvalue weighted by molar-refractivity contribution is -0.116. The number of carbonyl (C=O) groups is 1. The largest absolute Gasteiger partial charge is 0.373 e. The quantitative estimate of drug-likeness (QED) is 0.286. The van der Waals surface area contributed by atoms with E-state index in [1.54, 1.807) is 0 Å². The number of rotatable bonds is 3. The van der Waals surface area contributed by atoms with E-state index in [0.29, 0.717) is 6.42 Å². The van der Waals surface area contributed by atoms with Gasteiger partial charge in [0.05, 0.1) is 11.6 Å². The van der Waals surface area contributed by atoms with Crippen LogP contribution in [0.3, 0.4) is 0 Å². The maximum Gasteiger partial charge on any atom is 0.162 e. The Morgan fingerprint density at radius 2 is 1.41 bits per heavy atom. The number of nitrogens with one attached hydrogen (secondary N) is 1. The first-order valence-corrected chi connectivity index (χ1v) is 12.9. The molecule has 1 N–H and O–H groups in total. The summed E-state index contributed by atoms with van der Waals surface area (Å²) in [7, 11) is 0. The highest BCUT2D eigenvalue weighted by molar-refractivity contribution is 6.12. The molecule has 1 aliphatic carbocycles. The maximum atomic E-state index is 13.9.